The number of H-pyrrole nitrogens is 1. The molecule has 0 radical (unpaired) electrons. The number of thiophene rings is 1. The van der Waals surface area contributed by atoms with Crippen LogP contribution in [0.4, 0.5) is 0 Å². The third kappa shape index (κ3) is 5.84. The highest BCUT2D eigenvalue weighted by Crippen LogP contribution is 2.29. The van der Waals surface area contributed by atoms with Gasteiger partial charge in [0.1, 0.15) is 39.8 Å². The number of aromatic amines is 1. The van der Waals surface area contributed by atoms with Gasteiger partial charge < -0.3 is 24.0 Å². The van der Waals surface area contributed by atoms with Gasteiger partial charge in [0.15, 0.2) is 0 Å². The molecule has 0 bridgehead atoms. The fourth-order valence-corrected chi connectivity index (χ4v) is 5.26. The van der Waals surface area contributed by atoms with Crippen LogP contribution in [0, 0.1) is 6.92 Å². The summed E-state index contributed by atoms with van der Waals surface area (Å²) in [5.41, 5.74) is 1.32. The predicted octanol–water partition coefficient (Wildman–Crippen LogP) is 3.68. The SMILES string of the molecule is CCc1c(C(=O)OC)sc2nc(CN(Cc3ccco3)C[C@@H](O)COc3ccccc3C)[nH]c(=O)c12. The van der Waals surface area contributed by atoms with Crippen LogP contribution in [0.3, 0.4) is 0 Å². The molecule has 0 aliphatic heterocycles. The normalized spacial score (nSPS) is 12.2. The average Bonchev–Trinajstić information content (AvgIpc) is 3.50. The van der Waals surface area contributed by atoms with Crippen LogP contribution >= 0.6 is 11.3 Å². The fraction of sp³-hybridized carbons (Fsp3) is 0.346. The molecule has 9 nitrogen and oxygen atoms in total. The molecular weight excluding hydrogens is 482 g/mol. The number of hydrogen-bond acceptors (Lipinski definition) is 9. The Balaban J connectivity index is 1.55. The Morgan fingerprint density at radius 2 is 2.06 bits per heavy atom. The Hall–Kier alpha value is -3.47. The number of carbonyl (C=O) groups excluding carboxylic acids is 1. The fourth-order valence-electron chi connectivity index (χ4n) is 4.05. The Bertz CT molecular complexity index is 1380. The molecule has 3 aromatic heterocycles. The van der Waals surface area contributed by atoms with E-state index < -0.39 is 12.1 Å². The third-order valence-electron chi connectivity index (χ3n) is 5.76. The lowest BCUT2D eigenvalue weighted by Gasteiger charge is -2.24. The van der Waals surface area contributed by atoms with Crippen molar-refractivity contribution in [3.8, 4) is 5.75 Å². The van der Waals surface area contributed by atoms with E-state index in [2.05, 4.69) is 9.97 Å². The largest absolute Gasteiger partial charge is 0.491 e. The van der Waals surface area contributed by atoms with Crippen LogP contribution in [-0.2, 0) is 24.2 Å². The molecule has 1 aromatic carbocycles. The summed E-state index contributed by atoms with van der Waals surface area (Å²) in [5, 5.41) is 11.1. The van der Waals surface area contributed by atoms with Gasteiger partial charge in [-0.25, -0.2) is 9.78 Å². The first-order valence-corrected chi connectivity index (χ1v) is 12.4. The number of carbonyl (C=O) groups is 1. The number of methoxy groups -OCH3 is 1. The summed E-state index contributed by atoms with van der Waals surface area (Å²) < 4.78 is 16.2. The van der Waals surface area contributed by atoms with E-state index in [4.69, 9.17) is 13.9 Å². The molecule has 10 heteroatoms. The van der Waals surface area contributed by atoms with Gasteiger partial charge in [0.25, 0.3) is 5.56 Å². The lowest BCUT2D eigenvalue weighted by atomic mass is 10.1. The molecule has 0 saturated carbocycles. The second-order valence-electron chi connectivity index (χ2n) is 8.43. The van der Waals surface area contributed by atoms with Crippen molar-refractivity contribution >= 4 is 27.5 Å². The Labute approximate surface area is 212 Å². The number of fused-ring (bicyclic) bond motifs is 1. The van der Waals surface area contributed by atoms with Crippen molar-refractivity contribution < 1.29 is 23.8 Å². The maximum absolute atomic E-state index is 13.0. The Morgan fingerprint density at radius 3 is 2.75 bits per heavy atom. The quantitative estimate of drug-likeness (QED) is 0.293. The van der Waals surface area contributed by atoms with Gasteiger partial charge in [0.2, 0.25) is 0 Å². The number of esters is 1. The molecule has 0 spiro atoms. The zero-order chi connectivity index (χ0) is 25.7. The van der Waals surface area contributed by atoms with Crippen LogP contribution in [0.2, 0.25) is 0 Å². The van der Waals surface area contributed by atoms with Gasteiger partial charge in [-0.05, 0) is 42.7 Å². The molecule has 2 N–H and O–H groups in total. The molecule has 0 unspecified atom stereocenters. The van der Waals surface area contributed by atoms with Crippen LogP contribution in [0.5, 0.6) is 5.75 Å². The number of nitrogens with one attached hydrogen (secondary N) is 1. The lowest BCUT2D eigenvalue weighted by molar-refractivity contribution is 0.0592. The second kappa shape index (κ2) is 11.5. The molecule has 0 amide bonds. The summed E-state index contributed by atoms with van der Waals surface area (Å²) in [6, 6.07) is 11.3. The summed E-state index contributed by atoms with van der Waals surface area (Å²) in [6.07, 6.45) is 1.30. The summed E-state index contributed by atoms with van der Waals surface area (Å²) in [4.78, 5) is 35.4. The number of ether oxygens (including phenoxy) is 2. The summed E-state index contributed by atoms with van der Waals surface area (Å²) >= 11 is 1.15. The third-order valence-corrected chi connectivity index (χ3v) is 6.87. The van der Waals surface area contributed by atoms with E-state index in [9.17, 15) is 14.7 Å². The maximum Gasteiger partial charge on any atom is 0.348 e. The smallest absolute Gasteiger partial charge is 0.348 e. The lowest BCUT2D eigenvalue weighted by Crippen LogP contribution is -2.35. The number of benzene rings is 1. The number of aliphatic hydroxyl groups excluding tert-OH is 1. The van der Waals surface area contributed by atoms with Crippen molar-refractivity contribution in [1.29, 1.82) is 0 Å². The number of nitrogens with zero attached hydrogens (tertiary/aromatic N) is 2. The highest BCUT2D eigenvalue weighted by atomic mass is 32.1. The van der Waals surface area contributed by atoms with E-state index in [1.807, 2.05) is 49.1 Å². The molecule has 190 valence electrons. The van der Waals surface area contributed by atoms with Crippen molar-refractivity contribution in [2.75, 3.05) is 20.3 Å². The molecule has 3 heterocycles. The topological polar surface area (TPSA) is 118 Å². The Kier molecular flexibility index (Phi) is 8.19. The van der Waals surface area contributed by atoms with Gasteiger partial charge in [0, 0.05) is 6.54 Å². The van der Waals surface area contributed by atoms with Crippen molar-refractivity contribution in [2.24, 2.45) is 0 Å². The summed E-state index contributed by atoms with van der Waals surface area (Å²) in [7, 11) is 1.32. The highest BCUT2D eigenvalue weighted by Gasteiger charge is 2.23. The molecule has 36 heavy (non-hydrogen) atoms. The number of rotatable bonds is 11. The van der Waals surface area contributed by atoms with E-state index >= 15 is 0 Å². The minimum Gasteiger partial charge on any atom is -0.491 e. The van der Waals surface area contributed by atoms with Gasteiger partial charge in [-0.2, -0.15) is 0 Å². The van der Waals surface area contributed by atoms with Gasteiger partial charge in [-0.1, -0.05) is 25.1 Å². The zero-order valence-electron chi connectivity index (χ0n) is 20.4. The van der Waals surface area contributed by atoms with Gasteiger partial charge in [0.05, 0.1) is 31.8 Å². The van der Waals surface area contributed by atoms with Gasteiger partial charge in [-0.3, -0.25) is 9.69 Å². The van der Waals surface area contributed by atoms with Crippen LogP contribution < -0.4 is 10.3 Å². The first-order valence-electron chi connectivity index (χ1n) is 11.6. The number of hydrogen-bond donors (Lipinski definition) is 2. The molecule has 0 aliphatic rings. The molecular formula is C26H29N3O6S. The first kappa shape index (κ1) is 25.6. The molecule has 0 aliphatic carbocycles. The first-order chi connectivity index (χ1) is 17.4. The van der Waals surface area contributed by atoms with Crippen molar-refractivity contribution in [3.05, 3.63) is 80.6 Å². The highest BCUT2D eigenvalue weighted by molar-refractivity contribution is 7.20. The van der Waals surface area contributed by atoms with E-state index in [1.165, 1.54) is 7.11 Å². The van der Waals surface area contributed by atoms with Crippen molar-refractivity contribution in [2.45, 2.75) is 39.5 Å². The molecule has 4 aromatic rings. The monoisotopic (exact) mass is 511 g/mol. The van der Waals surface area contributed by atoms with E-state index in [-0.39, 0.29) is 25.3 Å². The number of aliphatic hydroxyl groups is 1. The van der Waals surface area contributed by atoms with Crippen LogP contribution in [0.1, 0.15) is 39.3 Å². The zero-order valence-corrected chi connectivity index (χ0v) is 21.3. The average molecular weight is 512 g/mol. The summed E-state index contributed by atoms with van der Waals surface area (Å²) in [6.45, 7) is 4.84. The molecule has 1 atom stereocenters. The van der Waals surface area contributed by atoms with Gasteiger partial charge in [-0.15, -0.1) is 11.3 Å². The van der Waals surface area contributed by atoms with E-state index in [1.54, 1.807) is 12.3 Å². The summed E-state index contributed by atoms with van der Waals surface area (Å²) in [5.74, 6) is 1.37. The van der Waals surface area contributed by atoms with E-state index in [0.29, 0.717) is 45.2 Å². The van der Waals surface area contributed by atoms with E-state index in [0.717, 1.165) is 22.6 Å². The molecule has 0 saturated heterocycles. The minimum absolute atomic E-state index is 0.107. The van der Waals surface area contributed by atoms with Crippen molar-refractivity contribution in [1.82, 2.24) is 14.9 Å². The second-order valence-corrected chi connectivity index (χ2v) is 9.43. The molecule has 0 fully saturated rings. The number of para-hydroxylation sites is 1. The van der Waals surface area contributed by atoms with Crippen LogP contribution in [-0.4, -0.2) is 52.3 Å². The maximum atomic E-state index is 13.0. The van der Waals surface area contributed by atoms with Crippen molar-refractivity contribution in [3.63, 3.8) is 0 Å². The minimum atomic E-state index is -0.797. The van der Waals surface area contributed by atoms with Gasteiger partial charge >= 0.3 is 5.97 Å². The predicted molar refractivity (Wildman–Crippen MR) is 136 cm³/mol. The van der Waals surface area contributed by atoms with Crippen LogP contribution in [0.15, 0.2) is 51.9 Å². The molecule has 4 rings (SSSR count). The Morgan fingerprint density at radius 1 is 1.25 bits per heavy atom. The number of aromatic nitrogens is 2. The number of furan rings is 1. The standard InChI is InChI=1S/C26H29N3O6S/c1-4-19-22-24(31)27-21(28-25(22)36-23(19)26(32)33-3)14-29(13-18-9-7-11-34-18)12-17(30)15-35-20-10-6-5-8-16(20)2/h5-11,17,30H,4,12-15H2,1-3H3,(H,27,28,31)/t17-/m1/s1. The van der Waals surface area contributed by atoms with Crippen LogP contribution in [0.25, 0.3) is 10.2 Å². The number of aryl methyl sites for hydroxylation is 2.